The van der Waals surface area contributed by atoms with Crippen LogP contribution in [0.5, 0.6) is 0 Å². The molecule has 0 saturated heterocycles. The first-order chi connectivity index (χ1) is 12.7. The molecule has 0 aromatic heterocycles. The molecule has 1 aromatic carbocycles. The van der Waals surface area contributed by atoms with E-state index in [4.69, 9.17) is 0 Å². The number of nitrogens with zero attached hydrogens (tertiary/aromatic N) is 1. The van der Waals surface area contributed by atoms with Crippen LogP contribution >= 0.6 is 0 Å². The van der Waals surface area contributed by atoms with Crippen molar-refractivity contribution < 1.29 is 4.48 Å². The summed E-state index contributed by atoms with van der Waals surface area (Å²) in [5, 5.41) is 0. The van der Waals surface area contributed by atoms with Gasteiger partial charge in [0.25, 0.3) is 0 Å². The van der Waals surface area contributed by atoms with Crippen molar-refractivity contribution in [1.29, 1.82) is 0 Å². The van der Waals surface area contributed by atoms with Crippen molar-refractivity contribution in [3.05, 3.63) is 35.9 Å². The molecule has 0 bridgehead atoms. The molecule has 1 heteroatoms. The summed E-state index contributed by atoms with van der Waals surface area (Å²) in [5.41, 5.74) is 1.49. The summed E-state index contributed by atoms with van der Waals surface area (Å²) < 4.78 is 1.24. The van der Waals surface area contributed by atoms with Crippen molar-refractivity contribution in [1.82, 2.24) is 0 Å². The van der Waals surface area contributed by atoms with Gasteiger partial charge in [0.05, 0.1) is 19.1 Å². The zero-order valence-corrected chi connectivity index (χ0v) is 18.3. The summed E-state index contributed by atoms with van der Waals surface area (Å²) in [5.74, 6) is 0. The molecule has 1 atom stereocenters. The van der Waals surface area contributed by atoms with E-state index < -0.39 is 0 Å². The molecule has 1 unspecified atom stereocenters. The Balaban J connectivity index is 2.25. The van der Waals surface area contributed by atoms with Gasteiger partial charge in [0.15, 0.2) is 0 Å². The molecule has 1 aromatic rings. The molecule has 0 aliphatic rings. The summed E-state index contributed by atoms with van der Waals surface area (Å²) in [6.45, 7) is 13.2. The lowest BCUT2D eigenvalue weighted by atomic mass is 10.0. The number of unbranched alkanes of at least 4 members (excludes halogenated alkanes) is 9. The van der Waals surface area contributed by atoms with Gasteiger partial charge in [0.1, 0.15) is 6.54 Å². The first kappa shape index (κ1) is 23.2. The van der Waals surface area contributed by atoms with E-state index in [1.807, 2.05) is 0 Å². The van der Waals surface area contributed by atoms with Crippen molar-refractivity contribution in [2.24, 2.45) is 0 Å². The molecule has 0 aliphatic heterocycles. The van der Waals surface area contributed by atoms with Gasteiger partial charge in [-0.15, -0.1) is 0 Å². The second-order valence-electron chi connectivity index (χ2n) is 8.31. The first-order valence-electron chi connectivity index (χ1n) is 11.6. The van der Waals surface area contributed by atoms with Crippen LogP contribution in [0.4, 0.5) is 0 Å². The van der Waals surface area contributed by atoms with Crippen LogP contribution in [0.1, 0.15) is 104 Å². The average molecular weight is 361 g/mol. The minimum absolute atomic E-state index is 0.763. The van der Waals surface area contributed by atoms with E-state index in [1.165, 1.54) is 100 Å². The monoisotopic (exact) mass is 360 g/mol. The summed E-state index contributed by atoms with van der Waals surface area (Å²) in [7, 11) is 0. The fourth-order valence-electron chi connectivity index (χ4n) is 4.37. The van der Waals surface area contributed by atoms with Gasteiger partial charge >= 0.3 is 0 Å². The molecule has 0 fully saturated rings. The molecule has 26 heavy (non-hydrogen) atoms. The predicted octanol–water partition coefficient (Wildman–Crippen LogP) is 7.74. The number of hydrogen-bond donors (Lipinski definition) is 0. The topological polar surface area (TPSA) is 0 Å². The second-order valence-corrected chi connectivity index (χ2v) is 8.31. The van der Waals surface area contributed by atoms with Gasteiger partial charge in [-0.3, -0.25) is 0 Å². The zero-order valence-electron chi connectivity index (χ0n) is 18.3. The van der Waals surface area contributed by atoms with E-state index in [0.29, 0.717) is 0 Å². The number of benzene rings is 1. The zero-order chi connectivity index (χ0) is 19.1. The van der Waals surface area contributed by atoms with Crippen molar-refractivity contribution in [2.45, 2.75) is 111 Å². The second kappa shape index (κ2) is 14.3. The van der Waals surface area contributed by atoms with Gasteiger partial charge in [-0.25, -0.2) is 0 Å². The Labute approximate surface area is 164 Å². The molecule has 0 saturated carbocycles. The van der Waals surface area contributed by atoms with Gasteiger partial charge in [0, 0.05) is 5.56 Å². The highest BCUT2D eigenvalue weighted by molar-refractivity contribution is 5.13. The van der Waals surface area contributed by atoms with Gasteiger partial charge in [-0.05, 0) is 33.6 Å². The highest BCUT2D eigenvalue weighted by Gasteiger charge is 2.30. The Morgan fingerprint density at radius 2 is 1.19 bits per heavy atom. The molecule has 0 heterocycles. The van der Waals surface area contributed by atoms with Crippen LogP contribution in [-0.4, -0.2) is 23.6 Å². The maximum atomic E-state index is 2.49. The third-order valence-electron chi connectivity index (χ3n) is 6.51. The molecule has 0 N–H and O–H groups in total. The Kier molecular flexibility index (Phi) is 12.7. The molecule has 150 valence electrons. The Morgan fingerprint density at radius 1 is 0.692 bits per heavy atom. The Hall–Kier alpha value is -0.820. The third kappa shape index (κ3) is 8.71. The lowest BCUT2D eigenvalue weighted by molar-refractivity contribution is -0.959. The number of hydrogen-bond acceptors (Lipinski definition) is 0. The molecular weight excluding hydrogens is 314 g/mol. The third-order valence-corrected chi connectivity index (χ3v) is 6.51. The standard InChI is InChI=1S/C25H46N/c1-5-8-9-10-11-12-13-14-15-17-20-24(4)26(6-2,7-3)23-25-21-18-16-19-22-25/h16,18-19,21-22,24H,5-15,17,20,23H2,1-4H3/q+1. The van der Waals surface area contributed by atoms with Gasteiger partial charge in [0.2, 0.25) is 0 Å². The fraction of sp³-hybridized carbons (Fsp3) is 0.760. The van der Waals surface area contributed by atoms with E-state index >= 15 is 0 Å². The molecule has 1 rings (SSSR count). The Morgan fingerprint density at radius 3 is 1.69 bits per heavy atom. The predicted molar refractivity (Wildman–Crippen MR) is 117 cm³/mol. The first-order valence-corrected chi connectivity index (χ1v) is 11.6. The van der Waals surface area contributed by atoms with E-state index in [2.05, 4.69) is 58.0 Å². The summed E-state index contributed by atoms with van der Waals surface area (Å²) in [6, 6.07) is 11.9. The highest BCUT2D eigenvalue weighted by atomic mass is 15.4. The lowest BCUT2D eigenvalue weighted by Gasteiger charge is -2.42. The molecule has 0 radical (unpaired) electrons. The van der Waals surface area contributed by atoms with Crippen LogP contribution < -0.4 is 0 Å². The molecule has 0 aliphatic carbocycles. The van der Waals surface area contributed by atoms with Crippen LogP contribution in [0.15, 0.2) is 30.3 Å². The Bertz CT molecular complexity index is 421. The fourth-order valence-corrected chi connectivity index (χ4v) is 4.37. The minimum Gasteiger partial charge on any atom is -0.318 e. The smallest absolute Gasteiger partial charge is 0.105 e. The van der Waals surface area contributed by atoms with E-state index in [-0.39, 0.29) is 0 Å². The van der Waals surface area contributed by atoms with Gasteiger partial charge in [-0.1, -0.05) is 95.0 Å². The van der Waals surface area contributed by atoms with E-state index in [9.17, 15) is 0 Å². The lowest BCUT2D eigenvalue weighted by Crippen LogP contribution is -2.53. The largest absolute Gasteiger partial charge is 0.318 e. The summed E-state index contributed by atoms with van der Waals surface area (Å²) in [4.78, 5) is 0. The maximum absolute atomic E-state index is 2.49. The molecular formula is C25H46N+. The van der Waals surface area contributed by atoms with Crippen LogP contribution in [-0.2, 0) is 6.54 Å². The van der Waals surface area contributed by atoms with Crippen molar-refractivity contribution >= 4 is 0 Å². The minimum atomic E-state index is 0.763. The van der Waals surface area contributed by atoms with Crippen LogP contribution in [0.2, 0.25) is 0 Å². The van der Waals surface area contributed by atoms with Crippen LogP contribution in [0, 0.1) is 0 Å². The van der Waals surface area contributed by atoms with Crippen molar-refractivity contribution in [3.8, 4) is 0 Å². The van der Waals surface area contributed by atoms with Gasteiger partial charge in [-0.2, -0.15) is 0 Å². The quantitative estimate of drug-likeness (QED) is 0.209. The molecule has 0 amide bonds. The van der Waals surface area contributed by atoms with Crippen LogP contribution in [0.25, 0.3) is 0 Å². The van der Waals surface area contributed by atoms with E-state index in [0.717, 1.165) is 6.04 Å². The summed E-state index contributed by atoms with van der Waals surface area (Å²) in [6.07, 6.45) is 15.7. The average Bonchev–Trinajstić information content (AvgIpc) is 2.68. The molecule has 1 nitrogen and oxygen atoms in total. The number of rotatable bonds is 16. The van der Waals surface area contributed by atoms with Crippen LogP contribution in [0.3, 0.4) is 0 Å². The van der Waals surface area contributed by atoms with Crippen molar-refractivity contribution in [3.63, 3.8) is 0 Å². The highest BCUT2D eigenvalue weighted by Crippen LogP contribution is 2.23. The summed E-state index contributed by atoms with van der Waals surface area (Å²) >= 11 is 0. The molecule has 0 spiro atoms. The van der Waals surface area contributed by atoms with Crippen molar-refractivity contribution in [2.75, 3.05) is 13.1 Å². The normalized spacial score (nSPS) is 13.1. The number of quaternary nitrogens is 1. The maximum Gasteiger partial charge on any atom is 0.105 e. The van der Waals surface area contributed by atoms with E-state index in [1.54, 1.807) is 0 Å². The van der Waals surface area contributed by atoms with Gasteiger partial charge < -0.3 is 4.48 Å². The SMILES string of the molecule is CCCCCCCCCCCCC(C)[N+](CC)(CC)Cc1ccccc1.